The average Bonchev–Trinajstić information content (AvgIpc) is 3.08. The Morgan fingerprint density at radius 1 is 1.18 bits per heavy atom. The van der Waals surface area contributed by atoms with Crippen molar-refractivity contribution in [3.05, 3.63) is 50.9 Å². The highest BCUT2D eigenvalue weighted by Crippen LogP contribution is 2.38. The Labute approximate surface area is 169 Å². The molecule has 0 fully saturated rings. The molecule has 28 heavy (non-hydrogen) atoms. The Morgan fingerprint density at radius 3 is 2.89 bits per heavy atom. The summed E-state index contributed by atoms with van der Waals surface area (Å²) in [6, 6.07) is 7.40. The number of hydrogen-bond acceptors (Lipinski definition) is 7. The average molecular weight is 410 g/mol. The first-order chi connectivity index (χ1) is 13.6. The molecule has 0 aliphatic heterocycles. The van der Waals surface area contributed by atoms with E-state index in [0.29, 0.717) is 33.5 Å². The Morgan fingerprint density at radius 2 is 2.00 bits per heavy atom. The number of thiophene rings is 1. The van der Waals surface area contributed by atoms with Crippen LogP contribution in [0.15, 0.2) is 34.2 Å². The molecule has 1 aliphatic rings. The molecule has 0 radical (unpaired) electrons. The lowest BCUT2D eigenvalue weighted by atomic mass is 9.97. The molecule has 142 valence electrons. The summed E-state index contributed by atoms with van der Waals surface area (Å²) in [5.74, 6) is 1.76. The molecule has 1 aromatic carbocycles. The monoisotopic (exact) mass is 409 g/mol. The largest absolute Gasteiger partial charge is 0.383 e. The minimum Gasteiger partial charge on any atom is -0.383 e. The fraction of sp³-hybridized carbons (Fsp3) is 0.300. The number of fused-ring (bicyclic) bond motifs is 4. The van der Waals surface area contributed by atoms with Crippen molar-refractivity contribution in [2.24, 2.45) is 7.05 Å². The zero-order chi connectivity index (χ0) is 19.3. The van der Waals surface area contributed by atoms with Crippen LogP contribution in [-0.2, 0) is 25.6 Å². The standard InChI is InChI=1S/C20H19N5OS2/c1-25-19(26)11-6-2-4-8-13(11)22-20(25)27-10-15-23-17(21)16-12-7-3-5-9-14(12)28-18(16)24-15/h2,4,6,8H,3,5,7,9-10H2,1H3,(H2,21,23,24). The fourth-order valence-corrected chi connectivity index (χ4v) is 5.87. The van der Waals surface area contributed by atoms with E-state index in [4.69, 9.17) is 10.7 Å². The van der Waals surface area contributed by atoms with Gasteiger partial charge in [-0.15, -0.1) is 11.3 Å². The molecule has 6 nitrogen and oxygen atoms in total. The SMILES string of the molecule is Cn1c(SCc2nc(N)c3c4c(sc3n2)CCCC4)nc2ccccc2c1=O. The number of rotatable bonds is 3. The topological polar surface area (TPSA) is 86.7 Å². The number of anilines is 1. The third-order valence-corrected chi connectivity index (χ3v) is 7.37. The highest BCUT2D eigenvalue weighted by atomic mass is 32.2. The summed E-state index contributed by atoms with van der Waals surface area (Å²) in [6.07, 6.45) is 4.62. The van der Waals surface area contributed by atoms with Crippen LogP contribution in [0.1, 0.15) is 29.1 Å². The molecule has 5 rings (SSSR count). The summed E-state index contributed by atoms with van der Waals surface area (Å²) in [5, 5.41) is 2.32. The Bertz CT molecular complexity index is 1280. The van der Waals surface area contributed by atoms with Crippen molar-refractivity contribution in [1.82, 2.24) is 19.5 Å². The third-order valence-electron chi connectivity index (χ3n) is 5.16. The summed E-state index contributed by atoms with van der Waals surface area (Å²) >= 11 is 3.20. The zero-order valence-corrected chi connectivity index (χ0v) is 17.1. The minimum absolute atomic E-state index is 0.0464. The molecule has 0 atom stereocenters. The molecule has 3 heterocycles. The summed E-state index contributed by atoms with van der Waals surface area (Å²) in [7, 11) is 1.75. The molecule has 2 N–H and O–H groups in total. The van der Waals surface area contributed by atoms with Gasteiger partial charge in [-0.3, -0.25) is 9.36 Å². The van der Waals surface area contributed by atoms with Gasteiger partial charge in [0.1, 0.15) is 16.5 Å². The van der Waals surface area contributed by atoms with Crippen molar-refractivity contribution in [1.29, 1.82) is 0 Å². The fourth-order valence-electron chi connectivity index (χ4n) is 3.75. The van der Waals surface area contributed by atoms with E-state index in [0.717, 1.165) is 23.1 Å². The van der Waals surface area contributed by atoms with Gasteiger partial charge in [-0.05, 0) is 43.4 Å². The van der Waals surface area contributed by atoms with E-state index in [1.807, 2.05) is 18.2 Å². The number of nitrogen functional groups attached to an aromatic ring is 1. The van der Waals surface area contributed by atoms with Crippen LogP contribution in [0.5, 0.6) is 0 Å². The highest BCUT2D eigenvalue weighted by molar-refractivity contribution is 7.98. The number of benzene rings is 1. The van der Waals surface area contributed by atoms with Crippen molar-refractivity contribution < 1.29 is 0 Å². The first-order valence-electron chi connectivity index (χ1n) is 9.27. The predicted molar refractivity (Wildman–Crippen MR) is 115 cm³/mol. The molecular formula is C20H19N5OS2. The van der Waals surface area contributed by atoms with Gasteiger partial charge in [0.25, 0.3) is 5.56 Å². The summed E-state index contributed by atoms with van der Waals surface area (Å²) in [4.78, 5) is 28.9. The van der Waals surface area contributed by atoms with Crippen LogP contribution in [-0.4, -0.2) is 19.5 Å². The van der Waals surface area contributed by atoms with Crippen LogP contribution < -0.4 is 11.3 Å². The molecule has 0 bridgehead atoms. The van der Waals surface area contributed by atoms with Crippen LogP contribution >= 0.6 is 23.1 Å². The third kappa shape index (κ3) is 2.87. The van der Waals surface area contributed by atoms with Gasteiger partial charge in [-0.1, -0.05) is 23.9 Å². The predicted octanol–water partition coefficient (Wildman–Crippen LogP) is 3.69. The highest BCUT2D eigenvalue weighted by Gasteiger charge is 2.20. The van der Waals surface area contributed by atoms with E-state index in [1.165, 1.54) is 35.0 Å². The Hall–Kier alpha value is -2.45. The summed E-state index contributed by atoms with van der Waals surface area (Å²) in [5.41, 5.74) is 8.30. The lowest BCUT2D eigenvalue weighted by Gasteiger charge is -2.11. The van der Waals surface area contributed by atoms with Crippen LogP contribution in [0.3, 0.4) is 0 Å². The van der Waals surface area contributed by atoms with Crippen LogP contribution in [0, 0.1) is 0 Å². The quantitative estimate of drug-likeness (QED) is 0.410. The number of nitrogens with two attached hydrogens (primary N) is 1. The maximum Gasteiger partial charge on any atom is 0.261 e. The van der Waals surface area contributed by atoms with Gasteiger partial charge in [0.15, 0.2) is 5.16 Å². The van der Waals surface area contributed by atoms with Crippen molar-refractivity contribution >= 4 is 50.0 Å². The number of nitrogens with zero attached hydrogens (tertiary/aromatic N) is 4. The lowest BCUT2D eigenvalue weighted by Crippen LogP contribution is -2.20. The van der Waals surface area contributed by atoms with Gasteiger partial charge < -0.3 is 5.73 Å². The zero-order valence-electron chi connectivity index (χ0n) is 15.4. The second kappa shape index (κ2) is 6.86. The van der Waals surface area contributed by atoms with Crippen molar-refractivity contribution in [3.63, 3.8) is 0 Å². The van der Waals surface area contributed by atoms with Gasteiger partial charge in [-0.25, -0.2) is 15.0 Å². The van der Waals surface area contributed by atoms with Gasteiger partial charge in [-0.2, -0.15) is 0 Å². The van der Waals surface area contributed by atoms with E-state index < -0.39 is 0 Å². The Balaban J connectivity index is 1.49. The molecular weight excluding hydrogens is 390 g/mol. The van der Waals surface area contributed by atoms with Gasteiger partial charge in [0.05, 0.1) is 22.0 Å². The molecule has 1 aliphatic carbocycles. The summed E-state index contributed by atoms with van der Waals surface area (Å²) < 4.78 is 1.58. The maximum atomic E-state index is 12.6. The number of aromatic nitrogens is 4. The van der Waals surface area contributed by atoms with E-state index in [-0.39, 0.29) is 5.56 Å². The molecule has 0 amide bonds. The smallest absolute Gasteiger partial charge is 0.261 e. The lowest BCUT2D eigenvalue weighted by molar-refractivity contribution is 0.700. The number of hydrogen-bond donors (Lipinski definition) is 1. The molecule has 3 aromatic heterocycles. The van der Waals surface area contributed by atoms with E-state index in [9.17, 15) is 4.79 Å². The van der Waals surface area contributed by atoms with Crippen LogP contribution in [0.4, 0.5) is 5.82 Å². The summed E-state index contributed by atoms with van der Waals surface area (Å²) in [6.45, 7) is 0. The maximum absolute atomic E-state index is 12.6. The number of aryl methyl sites for hydroxylation is 2. The van der Waals surface area contributed by atoms with E-state index in [1.54, 1.807) is 29.0 Å². The van der Waals surface area contributed by atoms with Gasteiger partial charge in [0.2, 0.25) is 0 Å². The second-order valence-electron chi connectivity index (χ2n) is 6.98. The first kappa shape index (κ1) is 17.6. The number of para-hydroxylation sites is 1. The number of thioether (sulfide) groups is 1. The normalized spacial score (nSPS) is 13.9. The van der Waals surface area contributed by atoms with Crippen molar-refractivity contribution in [3.8, 4) is 0 Å². The van der Waals surface area contributed by atoms with E-state index in [2.05, 4.69) is 9.97 Å². The van der Waals surface area contributed by atoms with Crippen molar-refractivity contribution in [2.75, 3.05) is 5.73 Å². The molecule has 0 spiro atoms. The molecule has 8 heteroatoms. The van der Waals surface area contributed by atoms with E-state index >= 15 is 0 Å². The van der Waals surface area contributed by atoms with Gasteiger partial charge >= 0.3 is 0 Å². The first-order valence-corrected chi connectivity index (χ1v) is 11.1. The van der Waals surface area contributed by atoms with Crippen molar-refractivity contribution in [2.45, 2.75) is 36.6 Å². The van der Waals surface area contributed by atoms with Crippen LogP contribution in [0.25, 0.3) is 21.1 Å². The molecule has 0 saturated carbocycles. The molecule has 0 unspecified atom stereocenters. The Kier molecular flexibility index (Phi) is 4.32. The molecule has 4 aromatic rings. The van der Waals surface area contributed by atoms with Gasteiger partial charge in [0, 0.05) is 11.9 Å². The van der Waals surface area contributed by atoms with Crippen LogP contribution in [0.2, 0.25) is 0 Å². The second-order valence-corrected chi connectivity index (χ2v) is 9.01. The molecule has 0 saturated heterocycles. The minimum atomic E-state index is -0.0464.